The lowest BCUT2D eigenvalue weighted by Gasteiger charge is -2.49. The van der Waals surface area contributed by atoms with Crippen molar-refractivity contribution in [3.05, 3.63) is 94.0 Å². The third-order valence-electron chi connectivity index (χ3n) is 12.1. The third-order valence-corrected chi connectivity index (χ3v) is 14.3. The third kappa shape index (κ3) is 6.71. The van der Waals surface area contributed by atoms with Crippen molar-refractivity contribution in [2.24, 2.45) is 17.8 Å². The van der Waals surface area contributed by atoms with Crippen LogP contribution in [0.3, 0.4) is 0 Å². The Hall–Kier alpha value is -4.07. The molecule has 51 heavy (non-hydrogen) atoms. The van der Waals surface area contributed by atoms with E-state index < -0.39 is 26.7 Å². The number of carbonyl (C=O) groups is 2. The van der Waals surface area contributed by atoms with Crippen LogP contribution in [0, 0.1) is 29.1 Å². The maximum atomic E-state index is 13.7. The van der Waals surface area contributed by atoms with Gasteiger partial charge in [-0.05, 0) is 124 Å². The van der Waals surface area contributed by atoms with Crippen molar-refractivity contribution in [3.8, 4) is 11.8 Å². The van der Waals surface area contributed by atoms with Gasteiger partial charge in [-0.15, -0.1) is 0 Å². The Morgan fingerprint density at radius 2 is 1.84 bits per heavy atom. The minimum atomic E-state index is -4.02. The molecule has 1 spiro atoms. The zero-order valence-corrected chi connectivity index (χ0v) is 30.7. The molecule has 0 aromatic heterocycles. The largest absolute Gasteiger partial charge is 0.490 e. The number of halogens is 1. The van der Waals surface area contributed by atoms with E-state index in [0.29, 0.717) is 61.0 Å². The second kappa shape index (κ2) is 13.8. The first-order valence-electron chi connectivity index (χ1n) is 18.1. The second-order valence-corrected chi connectivity index (χ2v) is 17.7. The molecule has 2 bridgehead atoms. The Morgan fingerprint density at radius 1 is 1.04 bits per heavy atom. The van der Waals surface area contributed by atoms with Gasteiger partial charge in [0.1, 0.15) is 11.3 Å². The molecule has 7 rings (SSSR count). The molecule has 9 nitrogen and oxygen atoms in total. The summed E-state index contributed by atoms with van der Waals surface area (Å²) in [5.41, 5.74) is 2.34. The molecule has 1 saturated carbocycles. The van der Waals surface area contributed by atoms with E-state index in [-0.39, 0.29) is 34.6 Å². The Morgan fingerprint density at radius 3 is 2.59 bits per heavy atom. The summed E-state index contributed by atoms with van der Waals surface area (Å²) in [7, 11) is -4.02. The van der Waals surface area contributed by atoms with Crippen LogP contribution in [0.25, 0.3) is 0 Å². The second-order valence-electron chi connectivity index (χ2n) is 15.2. The van der Waals surface area contributed by atoms with Crippen molar-refractivity contribution in [2.75, 3.05) is 24.6 Å². The van der Waals surface area contributed by atoms with Gasteiger partial charge in [0.15, 0.2) is 0 Å². The lowest BCUT2D eigenvalue weighted by molar-refractivity contribution is 0.0641. The topological polar surface area (TPSA) is 129 Å². The van der Waals surface area contributed by atoms with Crippen molar-refractivity contribution >= 4 is 39.1 Å². The van der Waals surface area contributed by atoms with Gasteiger partial charge >= 0.3 is 0 Å². The zero-order chi connectivity index (χ0) is 36.0. The van der Waals surface area contributed by atoms with E-state index in [0.717, 1.165) is 32.1 Å². The molecule has 2 amide bonds. The van der Waals surface area contributed by atoms with Crippen molar-refractivity contribution in [1.82, 2.24) is 10.0 Å². The molecule has 1 fully saturated rings. The Bertz CT molecular complexity index is 1980. The summed E-state index contributed by atoms with van der Waals surface area (Å²) < 4.78 is 36.0. The number of nitrogens with zero attached hydrogens (tertiary/aromatic N) is 2. The number of amides is 2. The smallest absolute Gasteiger partial charge is 0.264 e. The lowest BCUT2D eigenvalue weighted by atomic mass is 9.61. The molecule has 0 unspecified atom stereocenters. The predicted molar refractivity (Wildman–Crippen MR) is 198 cm³/mol. The summed E-state index contributed by atoms with van der Waals surface area (Å²) in [6.45, 7) is 5.08. The number of fused-ring (bicyclic) bond motifs is 4. The first-order chi connectivity index (χ1) is 24.4. The molecule has 2 aliphatic heterocycles. The highest BCUT2D eigenvalue weighted by Gasteiger charge is 2.51. The van der Waals surface area contributed by atoms with Gasteiger partial charge in [0, 0.05) is 40.6 Å². The average Bonchev–Trinajstić information content (AvgIpc) is 3.25. The van der Waals surface area contributed by atoms with Gasteiger partial charge in [0.25, 0.3) is 11.8 Å². The highest BCUT2D eigenvalue weighted by atomic mass is 35.5. The fourth-order valence-electron chi connectivity index (χ4n) is 8.87. The first-order valence-corrected chi connectivity index (χ1v) is 20.0. The molecule has 0 radical (unpaired) electrons. The predicted octanol–water partition coefficient (Wildman–Crippen LogP) is 6.80. The normalized spacial score (nSPS) is 30.2. The van der Waals surface area contributed by atoms with E-state index in [4.69, 9.17) is 16.3 Å². The van der Waals surface area contributed by atoms with Gasteiger partial charge in [-0.1, -0.05) is 42.8 Å². The standard InChI is InChI=1S/C40H45ClN4O5S/c1-26-8-6-19-40(23-42,43-37(46)28-9-4-3-5-10-28)34-15-12-31(34)22-45-24-39(18-7-11-29-20-32(41)14-16-33(29)39)25-50-36-17-13-30(21-35(36)45)38(47)44-51(48,49)27(26)2/h3-5,9-10,13-14,16-17,20-21,26-27,31,34H,6-8,11-12,15,18-19,22,24-25H2,1-2H3,(H,43,46)(H,44,47)/t26-,27+,31-,34+,39-,40+/m0/s1. The minimum Gasteiger partial charge on any atom is -0.490 e. The van der Waals surface area contributed by atoms with E-state index >= 15 is 0 Å². The van der Waals surface area contributed by atoms with Crippen LogP contribution in [0.15, 0.2) is 66.7 Å². The molecule has 2 aliphatic carbocycles. The fourth-order valence-corrected chi connectivity index (χ4v) is 10.4. The number of hydrogen-bond donors (Lipinski definition) is 2. The molecular weight excluding hydrogens is 684 g/mol. The maximum Gasteiger partial charge on any atom is 0.264 e. The molecule has 11 heteroatoms. The van der Waals surface area contributed by atoms with Crippen LogP contribution in [0.2, 0.25) is 5.02 Å². The number of nitrogens with one attached hydrogen (secondary N) is 2. The van der Waals surface area contributed by atoms with E-state index in [1.54, 1.807) is 37.3 Å². The van der Waals surface area contributed by atoms with Crippen molar-refractivity contribution in [1.29, 1.82) is 5.26 Å². The number of nitriles is 1. The quantitative estimate of drug-likeness (QED) is 0.297. The minimum absolute atomic E-state index is 0.0686. The Labute approximate surface area is 305 Å². The number of rotatable bonds is 2. The molecule has 268 valence electrons. The zero-order valence-electron chi connectivity index (χ0n) is 29.2. The van der Waals surface area contributed by atoms with Crippen molar-refractivity contribution in [3.63, 3.8) is 0 Å². The molecule has 2 heterocycles. The molecule has 3 aromatic rings. The summed E-state index contributed by atoms with van der Waals surface area (Å²) in [5.74, 6) is -0.712. The molecule has 4 aliphatic rings. The number of carbonyl (C=O) groups excluding carboxylic acids is 2. The van der Waals surface area contributed by atoms with E-state index in [2.05, 4.69) is 27.1 Å². The number of anilines is 1. The Kier molecular flexibility index (Phi) is 9.57. The van der Waals surface area contributed by atoms with E-state index in [9.17, 15) is 23.3 Å². The molecule has 3 aromatic carbocycles. The van der Waals surface area contributed by atoms with Gasteiger partial charge in [-0.2, -0.15) is 5.26 Å². The van der Waals surface area contributed by atoms with Crippen LogP contribution < -0.4 is 19.7 Å². The van der Waals surface area contributed by atoms with Crippen molar-refractivity contribution in [2.45, 2.75) is 81.4 Å². The highest BCUT2D eigenvalue weighted by molar-refractivity contribution is 7.90. The number of ether oxygens (including phenoxy) is 1. The summed E-state index contributed by atoms with van der Waals surface area (Å²) in [6.07, 6.45) is 5.88. The molecule has 0 saturated heterocycles. The Balaban J connectivity index is 1.32. The van der Waals surface area contributed by atoms with Gasteiger partial charge in [0.2, 0.25) is 10.0 Å². The number of benzene rings is 3. The fraction of sp³-hybridized carbons (Fsp3) is 0.475. The van der Waals surface area contributed by atoms with Gasteiger partial charge in [0.05, 0.1) is 23.6 Å². The lowest BCUT2D eigenvalue weighted by Crippen LogP contribution is -2.60. The number of sulfonamides is 1. The number of hydrogen-bond acceptors (Lipinski definition) is 7. The number of aryl methyl sites for hydroxylation is 1. The first kappa shape index (κ1) is 35.3. The van der Waals surface area contributed by atoms with Crippen molar-refractivity contribution < 1.29 is 22.7 Å². The SMILES string of the molecule is C[C@@H]1[C@@H](C)CCC[C@](C#N)(NC(=O)c2ccccc2)[C@@H]2CC[C@H]2CN2C[C@@]3(CCCc4cc(Cl)ccc43)COc3ccc(cc32)C(=O)NS1(=O)=O. The van der Waals surface area contributed by atoms with Crippen LogP contribution in [0.1, 0.15) is 90.6 Å². The summed E-state index contributed by atoms with van der Waals surface area (Å²) in [4.78, 5) is 29.6. The summed E-state index contributed by atoms with van der Waals surface area (Å²) in [6, 6.07) is 22.8. The molecule has 6 atom stereocenters. The van der Waals surface area contributed by atoms with Gasteiger partial charge in [-0.25, -0.2) is 13.1 Å². The van der Waals surface area contributed by atoms with Gasteiger partial charge < -0.3 is 15.0 Å². The van der Waals surface area contributed by atoms with Crippen LogP contribution in [0.4, 0.5) is 5.69 Å². The van der Waals surface area contributed by atoms with E-state index in [1.165, 1.54) is 11.1 Å². The van der Waals surface area contributed by atoms with Crippen LogP contribution in [0.5, 0.6) is 5.75 Å². The highest BCUT2D eigenvalue weighted by Crippen LogP contribution is 2.49. The summed E-state index contributed by atoms with van der Waals surface area (Å²) in [5, 5.41) is 14.0. The average molecular weight is 729 g/mol. The summed E-state index contributed by atoms with van der Waals surface area (Å²) >= 11 is 6.45. The molecule has 2 N–H and O–H groups in total. The van der Waals surface area contributed by atoms with Gasteiger partial charge in [-0.3, -0.25) is 9.59 Å². The van der Waals surface area contributed by atoms with Crippen LogP contribution in [-0.4, -0.2) is 50.7 Å². The maximum absolute atomic E-state index is 13.7. The van der Waals surface area contributed by atoms with Crippen LogP contribution in [-0.2, 0) is 21.9 Å². The monoisotopic (exact) mass is 728 g/mol. The van der Waals surface area contributed by atoms with E-state index in [1.807, 2.05) is 37.3 Å². The van der Waals surface area contributed by atoms with Crippen LogP contribution >= 0.6 is 11.6 Å². The molecular formula is C40H45ClN4O5S.